The van der Waals surface area contributed by atoms with E-state index in [0.717, 1.165) is 9.80 Å². The summed E-state index contributed by atoms with van der Waals surface area (Å²) in [5, 5.41) is 20.5. The number of nitrogens with one attached hydrogen (secondary N) is 3. The summed E-state index contributed by atoms with van der Waals surface area (Å²) in [5.41, 5.74) is 0. The predicted molar refractivity (Wildman–Crippen MR) is 338 cm³/mol. The Kier molecular flexibility index (Phi) is 32.4. The molecule has 1 saturated heterocycles. The molecule has 1 rings (SSSR count). The second-order valence-corrected chi connectivity index (χ2v) is 26.7. The van der Waals surface area contributed by atoms with E-state index in [9.17, 15) is 43.5 Å². The van der Waals surface area contributed by atoms with Gasteiger partial charge in [0.05, 0.1) is 12.6 Å². The topological polar surface area (TPSA) is 270 Å². The molecule has 0 bridgehead atoms. The van der Waals surface area contributed by atoms with E-state index in [0.29, 0.717) is 6.42 Å². The highest BCUT2D eigenvalue weighted by Crippen LogP contribution is 2.26. The van der Waals surface area contributed by atoms with Crippen LogP contribution in [-0.2, 0) is 52.7 Å². The third-order valence-corrected chi connectivity index (χ3v) is 16.8. The van der Waals surface area contributed by atoms with E-state index in [-0.39, 0.29) is 62.3 Å². The third-order valence-electron chi connectivity index (χ3n) is 16.8. The summed E-state index contributed by atoms with van der Waals surface area (Å²) in [4.78, 5) is 172. The number of amides is 11. The second-order valence-electron chi connectivity index (χ2n) is 26.7. The molecule has 11 amide bonds. The number of carbonyl (C=O) groups excluding carboxylic acids is 11. The average molecular weight is 1230 g/mol. The molecule has 0 aliphatic carbocycles. The molecule has 12 atom stereocenters. The number of carbonyl (C=O) groups is 11. The van der Waals surface area contributed by atoms with Crippen molar-refractivity contribution < 1.29 is 57.8 Å². The van der Waals surface area contributed by atoms with Crippen LogP contribution in [0.15, 0.2) is 12.2 Å². The molecule has 0 aromatic rings. The fourth-order valence-corrected chi connectivity index (χ4v) is 11.2. The Morgan fingerprint density at radius 3 is 1.36 bits per heavy atom. The molecular formula is C64H115N11O12. The van der Waals surface area contributed by atoms with Crippen molar-refractivity contribution in [3.63, 3.8) is 0 Å². The lowest BCUT2D eigenvalue weighted by Crippen LogP contribution is -2.63. The normalized spacial score (nSPS) is 26.7. The van der Waals surface area contributed by atoms with Crippen LogP contribution in [0.2, 0.25) is 0 Å². The highest BCUT2D eigenvalue weighted by Gasteiger charge is 2.46. The van der Waals surface area contributed by atoms with Gasteiger partial charge in [-0.15, -0.1) is 0 Å². The minimum Gasteiger partial charge on any atom is -0.390 e. The third kappa shape index (κ3) is 21.6. The van der Waals surface area contributed by atoms with Crippen LogP contribution in [0.25, 0.3) is 0 Å². The molecule has 0 spiro atoms. The molecule has 1 aliphatic rings. The first kappa shape index (κ1) is 78.9. The Hall–Kier alpha value is -6.13. The minimum atomic E-state index is -1.61. The second kappa shape index (κ2) is 35.8. The number of allylic oxidation sites excluding steroid dienone is 2. The van der Waals surface area contributed by atoms with Gasteiger partial charge in [0, 0.05) is 55.9 Å². The number of aliphatic hydroxyl groups excluding tert-OH is 1. The molecule has 1 aliphatic heterocycles. The lowest BCUT2D eigenvalue weighted by Gasteiger charge is -2.41. The summed E-state index contributed by atoms with van der Waals surface area (Å²) >= 11 is 0. The van der Waals surface area contributed by atoms with E-state index in [1.165, 1.54) is 92.6 Å². The van der Waals surface area contributed by atoms with E-state index in [1.807, 2.05) is 61.5 Å². The largest absolute Gasteiger partial charge is 0.390 e. The maximum atomic E-state index is 15.2. The van der Waals surface area contributed by atoms with Crippen molar-refractivity contribution in [2.24, 2.45) is 41.4 Å². The van der Waals surface area contributed by atoms with Crippen LogP contribution < -0.4 is 16.0 Å². The van der Waals surface area contributed by atoms with Crippen LogP contribution in [0.1, 0.15) is 163 Å². The van der Waals surface area contributed by atoms with Gasteiger partial charge in [-0.1, -0.05) is 109 Å². The number of hydrogen-bond acceptors (Lipinski definition) is 12. The lowest BCUT2D eigenvalue weighted by atomic mass is 9.91. The number of hydrogen-bond donors (Lipinski definition) is 4. The van der Waals surface area contributed by atoms with E-state index >= 15 is 14.4 Å². The molecule has 0 radical (unpaired) electrons. The first-order chi connectivity index (χ1) is 40.2. The van der Waals surface area contributed by atoms with Gasteiger partial charge in [0.25, 0.3) is 0 Å². The number of nitrogens with zero attached hydrogens (tertiary/aromatic N) is 8. The summed E-state index contributed by atoms with van der Waals surface area (Å²) in [7, 11) is 9.99. The molecule has 23 nitrogen and oxygen atoms in total. The molecule has 0 aromatic heterocycles. The molecule has 1 heterocycles. The van der Waals surface area contributed by atoms with Gasteiger partial charge < -0.3 is 60.3 Å². The molecule has 498 valence electrons. The standard InChI is InChI=1S/C64H115N11O12/c1-26-29-30-42(16)54(77)53-57(80)66-45(27-2)59(82)68(19)35-50(76)69(20)46(31-36(4)5)56(79)67-51(40(12)13)63(86)72(23)49(34-39(10)11)62(85)75(28-3)44(18)55(78)65-43(17)58(81)70(21)47(32-37(6)7)60(83)71(22)48(33-38(8)9)61(84)73(24)52(41(14)15)64(87)74(53)25/h26,29,36-49,51-54,77H,27-28,30-35H2,1-25H3,(H,65,78)(H,66,80)(H,67,79)/b29-26+. The molecule has 23 heteroatoms. The van der Waals surface area contributed by atoms with Gasteiger partial charge >= 0.3 is 0 Å². The Morgan fingerprint density at radius 2 is 0.920 bits per heavy atom. The summed E-state index contributed by atoms with van der Waals surface area (Å²) in [6.45, 7) is 31.3. The Balaban J connectivity index is 4.40. The number of aliphatic hydroxyl groups is 1. The Labute approximate surface area is 521 Å². The van der Waals surface area contributed by atoms with Crippen LogP contribution in [0.4, 0.5) is 0 Å². The highest BCUT2D eigenvalue weighted by molar-refractivity contribution is 5.99. The lowest BCUT2D eigenvalue weighted by molar-refractivity contribution is -0.157. The van der Waals surface area contributed by atoms with E-state index in [1.54, 1.807) is 61.5 Å². The van der Waals surface area contributed by atoms with E-state index in [4.69, 9.17) is 0 Å². The Morgan fingerprint density at radius 1 is 0.483 bits per heavy atom. The number of rotatable bonds is 16. The molecular weight excluding hydrogens is 1110 g/mol. The smallest absolute Gasteiger partial charge is 0.246 e. The van der Waals surface area contributed by atoms with Crippen molar-refractivity contribution in [2.45, 2.75) is 230 Å². The fraction of sp³-hybridized carbons (Fsp3) is 0.797. The van der Waals surface area contributed by atoms with Gasteiger partial charge in [-0.2, -0.15) is 0 Å². The Bertz CT molecular complexity index is 2380. The molecule has 12 unspecified atom stereocenters. The molecule has 1 fully saturated rings. The fourth-order valence-electron chi connectivity index (χ4n) is 11.2. The molecule has 4 N–H and O–H groups in total. The zero-order chi connectivity index (χ0) is 67.6. The van der Waals surface area contributed by atoms with Gasteiger partial charge in [0.1, 0.15) is 60.4 Å². The van der Waals surface area contributed by atoms with E-state index in [2.05, 4.69) is 16.0 Å². The van der Waals surface area contributed by atoms with Gasteiger partial charge in [-0.05, 0) is 108 Å². The van der Waals surface area contributed by atoms with E-state index < -0.39 is 156 Å². The van der Waals surface area contributed by atoms with Crippen LogP contribution in [0.5, 0.6) is 0 Å². The maximum absolute atomic E-state index is 15.2. The van der Waals surface area contributed by atoms with Crippen molar-refractivity contribution >= 4 is 65.0 Å². The first-order valence-corrected chi connectivity index (χ1v) is 31.5. The van der Waals surface area contributed by atoms with Crippen LogP contribution in [0.3, 0.4) is 0 Å². The van der Waals surface area contributed by atoms with Crippen LogP contribution in [0, 0.1) is 41.4 Å². The van der Waals surface area contributed by atoms with Crippen LogP contribution in [-0.4, -0.2) is 238 Å². The van der Waals surface area contributed by atoms with Crippen molar-refractivity contribution in [2.75, 3.05) is 62.4 Å². The van der Waals surface area contributed by atoms with Crippen LogP contribution >= 0.6 is 0 Å². The summed E-state index contributed by atoms with van der Waals surface area (Å²) in [6.07, 6.45) is 3.07. The molecule has 0 aromatic carbocycles. The SMILES string of the molecule is C/C=C/CC(C)C(O)C1C(=O)NC(CC)C(=O)N(C)CC(=O)N(C)C(CC(C)C)C(=O)NC(C(C)C)C(=O)N(C)C(CC(C)C)C(=O)N(CC)C(C)C(=O)NC(C)C(=O)N(C)C(CC(C)C)C(=O)N(C)C(CC(C)C)C(=O)N(C)C(C(C)C)C(=O)N1C. The van der Waals surface area contributed by atoms with Gasteiger partial charge in [-0.3, -0.25) is 52.7 Å². The van der Waals surface area contributed by atoms with Crippen molar-refractivity contribution in [3.05, 3.63) is 12.2 Å². The quantitative estimate of drug-likeness (QED) is 0.160. The van der Waals surface area contributed by atoms with Gasteiger partial charge in [0.15, 0.2) is 0 Å². The monoisotopic (exact) mass is 1230 g/mol. The first-order valence-electron chi connectivity index (χ1n) is 31.5. The summed E-state index contributed by atoms with van der Waals surface area (Å²) < 4.78 is 0. The maximum Gasteiger partial charge on any atom is 0.246 e. The average Bonchev–Trinajstić information content (AvgIpc) is 1.83. The predicted octanol–water partition coefficient (Wildman–Crippen LogP) is 4.00. The summed E-state index contributed by atoms with van der Waals surface area (Å²) in [5.74, 6) is -9.48. The molecule has 0 saturated carbocycles. The van der Waals surface area contributed by atoms with Gasteiger partial charge in [-0.25, -0.2) is 0 Å². The summed E-state index contributed by atoms with van der Waals surface area (Å²) in [6, 6.07) is -12.2. The van der Waals surface area contributed by atoms with Crippen molar-refractivity contribution in [1.82, 2.24) is 55.1 Å². The number of likely N-dealkylation sites (N-methyl/N-ethyl adjacent to an activating group) is 8. The zero-order valence-corrected chi connectivity index (χ0v) is 57.7. The highest BCUT2D eigenvalue weighted by atomic mass is 16.3. The minimum absolute atomic E-state index is 0.0233. The molecule has 87 heavy (non-hydrogen) atoms. The van der Waals surface area contributed by atoms with Crippen molar-refractivity contribution in [1.29, 1.82) is 0 Å². The van der Waals surface area contributed by atoms with Gasteiger partial charge in [0.2, 0.25) is 65.0 Å². The zero-order valence-electron chi connectivity index (χ0n) is 57.7. The van der Waals surface area contributed by atoms with Crippen molar-refractivity contribution in [3.8, 4) is 0 Å².